The number of fused-ring (bicyclic) bond motifs is 1. The van der Waals surface area contributed by atoms with E-state index in [0.29, 0.717) is 34.4 Å². The van der Waals surface area contributed by atoms with Crippen LogP contribution in [0.2, 0.25) is 0 Å². The number of nitrogens with zero attached hydrogens (tertiary/aromatic N) is 6. The fourth-order valence-corrected chi connectivity index (χ4v) is 4.21. The third-order valence-corrected chi connectivity index (χ3v) is 6.08. The van der Waals surface area contributed by atoms with Crippen LogP contribution < -0.4 is 11.1 Å². The van der Waals surface area contributed by atoms with Crippen molar-refractivity contribution in [1.82, 2.24) is 29.6 Å². The minimum absolute atomic E-state index is 0.149. The van der Waals surface area contributed by atoms with Crippen molar-refractivity contribution >= 4 is 34.9 Å². The number of nitrogen functional groups attached to an aromatic ring is 1. The molecule has 10 nitrogen and oxygen atoms in total. The lowest BCUT2D eigenvalue weighted by atomic mass is 10.1. The average Bonchev–Trinajstić information content (AvgIpc) is 3.53. The number of aldehydes is 1. The van der Waals surface area contributed by atoms with Gasteiger partial charge in [-0.1, -0.05) is 18.7 Å². The molecule has 1 unspecified atom stereocenters. The van der Waals surface area contributed by atoms with Gasteiger partial charge in [-0.05, 0) is 43.8 Å². The lowest BCUT2D eigenvalue weighted by Crippen LogP contribution is -2.17. The Hall–Kier alpha value is -4.65. The number of likely N-dealkylation sites (N-methyl/N-ethyl adjacent to an activating group) is 1. The van der Waals surface area contributed by atoms with Crippen molar-refractivity contribution < 1.29 is 22.8 Å². The molecule has 1 aliphatic rings. The van der Waals surface area contributed by atoms with Crippen molar-refractivity contribution in [3.05, 3.63) is 72.7 Å². The Balaban J connectivity index is 0.000000826. The quantitative estimate of drug-likeness (QED) is 0.288. The van der Waals surface area contributed by atoms with Crippen LogP contribution in [0.1, 0.15) is 28.4 Å². The number of allylic oxidation sites excluding steroid dienone is 1. The number of carbonyl (C=O) groups is 2. The van der Waals surface area contributed by atoms with E-state index < -0.39 is 17.6 Å². The molecule has 1 fully saturated rings. The fraction of sp³-hybridized carbons (Fsp3) is 0.231. The van der Waals surface area contributed by atoms with Gasteiger partial charge in [0.2, 0.25) is 0 Å². The molecule has 4 heterocycles. The van der Waals surface area contributed by atoms with Gasteiger partial charge in [0.15, 0.2) is 5.65 Å². The van der Waals surface area contributed by atoms with Gasteiger partial charge >= 0.3 is 6.18 Å². The second-order valence-electron chi connectivity index (χ2n) is 8.79. The highest BCUT2D eigenvalue weighted by Crippen LogP contribution is 2.34. The summed E-state index contributed by atoms with van der Waals surface area (Å²) in [5.74, 6) is -0.472. The first-order chi connectivity index (χ1) is 18.6. The van der Waals surface area contributed by atoms with Gasteiger partial charge in [-0.25, -0.2) is 19.6 Å². The first-order valence-corrected chi connectivity index (χ1v) is 11.8. The number of likely N-dealkylation sites (tertiary alicyclic amines) is 1. The molecule has 1 aromatic carbocycles. The molecule has 1 aliphatic heterocycles. The molecule has 3 aromatic heterocycles. The van der Waals surface area contributed by atoms with E-state index in [0.717, 1.165) is 37.8 Å². The van der Waals surface area contributed by atoms with E-state index in [1.165, 1.54) is 12.4 Å². The maximum atomic E-state index is 12.9. The Morgan fingerprint density at radius 2 is 1.90 bits per heavy atom. The van der Waals surface area contributed by atoms with Crippen LogP contribution >= 0.6 is 0 Å². The molecule has 0 saturated carbocycles. The molecular weight excluding hydrogens is 513 g/mol. The third kappa shape index (κ3) is 6.09. The Bertz CT molecular complexity index is 1500. The molecule has 0 aliphatic carbocycles. The van der Waals surface area contributed by atoms with Gasteiger partial charge in [0.05, 0.1) is 17.0 Å². The zero-order valence-corrected chi connectivity index (χ0v) is 20.9. The zero-order chi connectivity index (χ0) is 28.2. The van der Waals surface area contributed by atoms with Gasteiger partial charge in [-0.3, -0.25) is 9.59 Å². The first kappa shape index (κ1) is 27.4. The predicted octanol–water partition coefficient (Wildman–Crippen LogP) is 3.99. The summed E-state index contributed by atoms with van der Waals surface area (Å²) < 4.78 is 40.7. The summed E-state index contributed by atoms with van der Waals surface area (Å²) >= 11 is 0. The number of aromatic nitrogens is 5. The van der Waals surface area contributed by atoms with E-state index in [1.807, 2.05) is 4.68 Å². The van der Waals surface area contributed by atoms with Crippen LogP contribution in [0, 0.1) is 0 Å². The number of carbonyl (C=O) groups excluding carboxylic acids is 2. The number of pyridine rings is 1. The molecule has 0 radical (unpaired) electrons. The molecule has 202 valence electrons. The molecule has 4 aromatic rings. The molecule has 1 amide bonds. The largest absolute Gasteiger partial charge is 0.416 e. The molecule has 5 rings (SSSR count). The van der Waals surface area contributed by atoms with Crippen LogP contribution in [0.4, 0.5) is 24.8 Å². The van der Waals surface area contributed by atoms with Gasteiger partial charge in [0, 0.05) is 30.4 Å². The van der Waals surface area contributed by atoms with Crippen molar-refractivity contribution in [1.29, 1.82) is 0 Å². The van der Waals surface area contributed by atoms with E-state index in [9.17, 15) is 18.0 Å². The second kappa shape index (κ2) is 11.4. The van der Waals surface area contributed by atoms with Crippen LogP contribution in [0.15, 0.2) is 61.6 Å². The number of amides is 1. The minimum Gasteiger partial charge on any atom is -0.383 e. The number of hydrogen-bond donors (Lipinski definition) is 2. The summed E-state index contributed by atoms with van der Waals surface area (Å²) in [5.41, 5.74) is 7.47. The van der Waals surface area contributed by atoms with Gasteiger partial charge in [0.1, 0.15) is 29.9 Å². The zero-order valence-electron chi connectivity index (χ0n) is 20.9. The number of nitrogens with two attached hydrogens (primary N) is 1. The van der Waals surface area contributed by atoms with Gasteiger partial charge in [-0.2, -0.15) is 18.3 Å². The highest BCUT2D eigenvalue weighted by molar-refractivity contribution is 6.04. The average molecular weight is 539 g/mol. The maximum absolute atomic E-state index is 12.9. The molecule has 3 N–H and O–H groups in total. The number of halogens is 3. The topological polar surface area (TPSA) is 132 Å². The van der Waals surface area contributed by atoms with Crippen molar-refractivity contribution in [2.24, 2.45) is 0 Å². The highest BCUT2D eigenvalue weighted by atomic mass is 19.4. The van der Waals surface area contributed by atoms with E-state index in [1.54, 1.807) is 24.3 Å². The van der Waals surface area contributed by atoms with Gasteiger partial charge < -0.3 is 16.0 Å². The van der Waals surface area contributed by atoms with Gasteiger partial charge in [-0.15, -0.1) is 0 Å². The summed E-state index contributed by atoms with van der Waals surface area (Å²) in [7, 11) is 2.05. The Morgan fingerprint density at radius 1 is 1.18 bits per heavy atom. The fourth-order valence-electron chi connectivity index (χ4n) is 4.21. The number of hydrogen-bond acceptors (Lipinski definition) is 8. The summed E-state index contributed by atoms with van der Waals surface area (Å²) in [6.45, 7) is 4.90. The summed E-state index contributed by atoms with van der Waals surface area (Å²) in [6.07, 6.45) is 0.639. The second-order valence-corrected chi connectivity index (χ2v) is 8.79. The van der Waals surface area contributed by atoms with Crippen molar-refractivity contribution in [2.45, 2.75) is 18.6 Å². The van der Waals surface area contributed by atoms with Crippen molar-refractivity contribution in [2.75, 3.05) is 31.2 Å². The third-order valence-electron chi connectivity index (χ3n) is 6.08. The normalized spacial score (nSPS) is 15.4. The van der Waals surface area contributed by atoms with E-state index >= 15 is 0 Å². The van der Waals surface area contributed by atoms with Crippen LogP contribution in [0.3, 0.4) is 0 Å². The monoisotopic (exact) mass is 538 g/mol. The highest BCUT2D eigenvalue weighted by Gasteiger charge is 2.31. The summed E-state index contributed by atoms with van der Waals surface area (Å²) in [4.78, 5) is 36.2. The lowest BCUT2D eigenvalue weighted by Gasteiger charge is -2.11. The molecule has 1 saturated heterocycles. The van der Waals surface area contributed by atoms with E-state index in [2.05, 4.69) is 38.8 Å². The van der Waals surface area contributed by atoms with Crippen LogP contribution in [0.5, 0.6) is 0 Å². The molecule has 13 heteroatoms. The SMILES string of the molecule is C=CC=O.CN1CCC(n2nc(-c3ccc(C(=O)Nc4cc(C(F)(F)F)ccn4)cc3)c3c(N)ncnc32)C1. The number of nitrogens with one attached hydrogen (secondary N) is 1. The molecular formula is C26H25F3N8O2. The first-order valence-electron chi connectivity index (χ1n) is 11.8. The standard InChI is InChI=1S/C23H21F3N8O.C3H4O/c1-33-9-7-16(11-33)34-21-18(20(27)29-12-30-21)19(32-34)13-2-4-14(5-3-13)22(35)31-17-10-15(6-8-28-17)23(24,25)26;1-2-3-4/h2-6,8,10,12,16H,7,9,11H2,1H3,(H2,27,29,30)(H,28,31,35);2-3H,1H2. The molecule has 0 spiro atoms. The Morgan fingerprint density at radius 3 is 2.51 bits per heavy atom. The maximum Gasteiger partial charge on any atom is 0.416 e. The molecule has 1 atom stereocenters. The smallest absolute Gasteiger partial charge is 0.383 e. The minimum atomic E-state index is -4.53. The number of benzene rings is 1. The Labute approximate surface area is 221 Å². The summed E-state index contributed by atoms with van der Waals surface area (Å²) in [5, 5.41) is 7.83. The van der Waals surface area contributed by atoms with Crippen molar-refractivity contribution in [3.63, 3.8) is 0 Å². The van der Waals surface area contributed by atoms with Crippen molar-refractivity contribution in [3.8, 4) is 11.3 Å². The summed E-state index contributed by atoms with van der Waals surface area (Å²) in [6, 6.07) is 8.30. The number of rotatable bonds is 5. The predicted molar refractivity (Wildman–Crippen MR) is 140 cm³/mol. The number of alkyl halides is 3. The van der Waals surface area contributed by atoms with E-state index in [4.69, 9.17) is 15.6 Å². The molecule has 39 heavy (non-hydrogen) atoms. The van der Waals surface area contributed by atoms with Crippen LogP contribution in [0.25, 0.3) is 22.3 Å². The van der Waals surface area contributed by atoms with Crippen LogP contribution in [-0.4, -0.2) is 62.0 Å². The number of anilines is 2. The van der Waals surface area contributed by atoms with Crippen LogP contribution in [-0.2, 0) is 11.0 Å². The Kier molecular flexibility index (Phi) is 8.00. The molecule has 0 bridgehead atoms. The lowest BCUT2D eigenvalue weighted by molar-refractivity contribution is -0.137. The van der Waals surface area contributed by atoms with Gasteiger partial charge in [0.25, 0.3) is 5.91 Å². The van der Waals surface area contributed by atoms with E-state index in [-0.39, 0.29) is 17.4 Å².